The van der Waals surface area contributed by atoms with Crippen LogP contribution in [0.5, 0.6) is 0 Å². The summed E-state index contributed by atoms with van der Waals surface area (Å²) < 4.78 is 0. The molecule has 0 saturated carbocycles. The van der Waals surface area contributed by atoms with Crippen molar-refractivity contribution in [1.82, 2.24) is 0 Å². The highest BCUT2D eigenvalue weighted by Gasteiger charge is 1.96. The Bertz CT molecular complexity index is 144. The number of hydrogen-bond acceptors (Lipinski definition) is 4. The van der Waals surface area contributed by atoms with Crippen molar-refractivity contribution in [3.05, 3.63) is 0 Å². The molecule has 0 aromatic carbocycles. The fourth-order valence-electron chi connectivity index (χ4n) is 0.302. The van der Waals surface area contributed by atoms with E-state index in [9.17, 15) is 4.79 Å². The van der Waals surface area contributed by atoms with E-state index in [1.807, 2.05) is 0 Å². The first-order valence-corrected chi connectivity index (χ1v) is 3.22. The predicted molar refractivity (Wildman–Crippen MR) is 39.4 cm³/mol. The van der Waals surface area contributed by atoms with Crippen LogP contribution in [0, 0.1) is 10.8 Å². The van der Waals surface area contributed by atoms with Crippen LogP contribution < -0.4 is 0 Å². The summed E-state index contributed by atoms with van der Waals surface area (Å²) in [4.78, 5) is 9.77. The standard InChI is InChI=1S/C5H8N2OS/c1-4(6)9-5(7)2-3-8/h3,6-7H,2H2,1H3. The lowest BCUT2D eigenvalue weighted by Crippen LogP contribution is -1.93. The monoisotopic (exact) mass is 144 g/mol. The molecule has 0 heterocycles. The molecule has 9 heavy (non-hydrogen) atoms. The van der Waals surface area contributed by atoms with Gasteiger partial charge in [0, 0.05) is 0 Å². The molecule has 0 atom stereocenters. The van der Waals surface area contributed by atoms with Gasteiger partial charge in [0.2, 0.25) is 0 Å². The molecular weight excluding hydrogens is 136 g/mol. The minimum atomic E-state index is 0.126. The fourth-order valence-corrected chi connectivity index (χ4v) is 0.823. The smallest absolute Gasteiger partial charge is 0.126 e. The number of hydrogen-bond donors (Lipinski definition) is 2. The van der Waals surface area contributed by atoms with Gasteiger partial charge in [-0.05, 0) is 6.92 Å². The Kier molecular flexibility index (Phi) is 3.96. The van der Waals surface area contributed by atoms with E-state index in [1.165, 1.54) is 0 Å². The average Bonchev–Trinajstić information content (AvgIpc) is 1.63. The second kappa shape index (κ2) is 4.26. The summed E-state index contributed by atoms with van der Waals surface area (Å²) in [5.74, 6) is 0. The highest BCUT2D eigenvalue weighted by atomic mass is 32.2. The van der Waals surface area contributed by atoms with Gasteiger partial charge >= 0.3 is 0 Å². The third-order valence-electron chi connectivity index (χ3n) is 0.545. The maximum Gasteiger partial charge on any atom is 0.126 e. The van der Waals surface area contributed by atoms with Gasteiger partial charge in [0.25, 0.3) is 0 Å². The van der Waals surface area contributed by atoms with Crippen LogP contribution in [0.25, 0.3) is 0 Å². The van der Waals surface area contributed by atoms with E-state index in [-0.39, 0.29) is 11.5 Å². The molecule has 0 aliphatic carbocycles. The van der Waals surface area contributed by atoms with Crippen molar-refractivity contribution in [1.29, 1.82) is 10.8 Å². The van der Waals surface area contributed by atoms with Crippen molar-refractivity contribution in [3.63, 3.8) is 0 Å². The van der Waals surface area contributed by atoms with E-state index in [2.05, 4.69) is 0 Å². The van der Waals surface area contributed by atoms with E-state index in [1.54, 1.807) is 6.92 Å². The molecule has 0 spiro atoms. The highest BCUT2D eigenvalue weighted by molar-refractivity contribution is 8.26. The molecule has 0 aliphatic rings. The molecule has 4 heteroatoms. The third kappa shape index (κ3) is 5.23. The predicted octanol–water partition coefficient (Wildman–Crippen LogP) is 1.28. The van der Waals surface area contributed by atoms with Gasteiger partial charge in [-0.1, -0.05) is 11.8 Å². The number of thioether (sulfide) groups is 1. The number of carbonyl (C=O) groups excluding carboxylic acids is 1. The molecule has 0 unspecified atom stereocenters. The summed E-state index contributed by atoms with van der Waals surface area (Å²) in [6.07, 6.45) is 0.791. The van der Waals surface area contributed by atoms with Gasteiger partial charge < -0.3 is 4.79 Å². The first-order chi connectivity index (χ1) is 4.16. The lowest BCUT2D eigenvalue weighted by molar-refractivity contribution is -0.106. The average molecular weight is 144 g/mol. The lowest BCUT2D eigenvalue weighted by Gasteiger charge is -1.93. The zero-order chi connectivity index (χ0) is 7.28. The quantitative estimate of drug-likeness (QED) is 0.348. The van der Waals surface area contributed by atoms with Gasteiger partial charge in [-0.15, -0.1) is 0 Å². The zero-order valence-corrected chi connectivity index (χ0v) is 5.92. The molecule has 0 aliphatic heterocycles. The maximum atomic E-state index is 9.77. The minimum absolute atomic E-state index is 0.126. The summed E-state index contributed by atoms with van der Waals surface area (Å²) >= 11 is 1.01. The van der Waals surface area contributed by atoms with Crippen molar-refractivity contribution in [2.24, 2.45) is 0 Å². The summed E-state index contributed by atoms with van der Waals surface area (Å²) in [6.45, 7) is 1.59. The molecule has 0 rings (SSSR count). The Morgan fingerprint density at radius 3 is 2.56 bits per heavy atom. The normalized spacial score (nSPS) is 8.56. The van der Waals surface area contributed by atoms with Gasteiger partial charge in [-0.25, -0.2) is 0 Å². The number of nitrogens with one attached hydrogen (secondary N) is 2. The van der Waals surface area contributed by atoms with Gasteiger partial charge in [-0.2, -0.15) is 0 Å². The van der Waals surface area contributed by atoms with E-state index >= 15 is 0 Å². The van der Waals surface area contributed by atoms with Crippen LogP contribution in [0.2, 0.25) is 0 Å². The Labute approximate surface area is 57.9 Å². The van der Waals surface area contributed by atoms with Crippen LogP contribution in [-0.4, -0.2) is 16.4 Å². The fraction of sp³-hybridized carbons (Fsp3) is 0.400. The molecule has 0 saturated heterocycles. The molecule has 3 nitrogen and oxygen atoms in total. The summed E-state index contributed by atoms with van der Waals surface area (Å²) in [7, 11) is 0. The van der Waals surface area contributed by atoms with Crippen LogP contribution in [-0.2, 0) is 4.79 Å². The summed E-state index contributed by atoms with van der Waals surface area (Å²) in [6, 6.07) is 0. The highest BCUT2D eigenvalue weighted by Crippen LogP contribution is 2.04. The molecule has 0 radical (unpaired) electrons. The Morgan fingerprint density at radius 2 is 2.22 bits per heavy atom. The molecule has 50 valence electrons. The minimum Gasteiger partial charge on any atom is -0.303 e. The van der Waals surface area contributed by atoms with E-state index in [0.29, 0.717) is 11.3 Å². The van der Waals surface area contributed by atoms with Crippen molar-refractivity contribution in [2.75, 3.05) is 0 Å². The van der Waals surface area contributed by atoms with Crippen LogP contribution in [0.3, 0.4) is 0 Å². The van der Waals surface area contributed by atoms with Crippen molar-refractivity contribution in [3.8, 4) is 0 Å². The molecule has 0 amide bonds. The van der Waals surface area contributed by atoms with E-state index in [0.717, 1.165) is 11.8 Å². The van der Waals surface area contributed by atoms with Crippen LogP contribution in [0.1, 0.15) is 13.3 Å². The summed E-state index contributed by atoms with van der Waals surface area (Å²) in [5, 5.41) is 14.5. The zero-order valence-electron chi connectivity index (χ0n) is 5.10. The lowest BCUT2D eigenvalue weighted by atomic mass is 10.5. The first kappa shape index (κ1) is 8.36. The van der Waals surface area contributed by atoms with Gasteiger partial charge in [0.1, 0.15) is 6.29 Å². The van der Waals surface area contributed by atoms with Gasteiger partial charge in [0.05, 0.1) is 16.5 Å². The van der Waals surface area contributed by atoms with Crippen molar-refractivity contribution in [2.45, 2.75) is 13.3 Å². The molecule has 0 bridgehead atoms. The number of aldehydes is 1. The maximum absolute atomic E-state index is 9.77. The Balaban J connectivity index is 3.50. The van der Waals surface area contributed by atoms with Crippen molar-refractivity contribution < 1.29 is 4.79 Å². The molecule has 0 aromatic heterocycles. The topological polar surface area (TPSA) is 64.8 Å². The van der Waals surface area contributed by atoms with E-state index < -0.39 is 0 Å². The largest absolute Gasteiger partial charge is 0.303 e. The Morgan fingerprint density at radius 1 is 1.67 bits per heavy atom. The first-order valence-electron chi connectivity index (χ1n) is 2.41. The Hall–Kier alpha value is -0.640. The molecule has 0 fully saturated rings. The molecule has 2 N–H and O–H groups in total. The summed E-state index contributed by atoms with van der Waals surface area (Å²) in [5.41, 5.74) is 0. The van der Waals surface area contributed by atoms with Crippen LogP contribution in [0.15, 0.2) is 0 Å². The van der Waals surface area contributed by atoms with Gasteiger partial charge in [0.15, 0.2) is 0 Å². The van der Waals surface area contributed by atoms with E-state index in [4.69, 9.17) is 10.8 Å². The van der Waals surface area contributed by atoms with Crippen LogP contribution >= 0.6 is 11.8 Å². The second-order valence-electron chi connectivity index (χ2n) is 1.45. The SMILES string of the molecule is CC(=N)SC(=N)CC=O. The number of carbonyl (C=O) groups is 1. The van der Waals surface area contributed by atoms with Crippen LogP contribution in [0.4, 0.5) is 0 Å². The third-order valence-corrected chi connectivity index (χ3v) is 1.26. The molecule has 0 aromatic rings. The second-order valence-corrected chi connectivity index (χ2v) is 2.76. The van der Waals surface area contributed by atoms with Crippen molar-refractivity contribution >= 4 is 28.1 Å². The number of rotatable bonds is 2. The molecular formula is C5H8N2OS. The van der Waals surface area contributed by atoms with Gasteiger partial charge in [-0.3, -0.25) is 10.8 Å².